The number of thioether (sulfide) groups is 1. The van der Waals surface area contributed by atoms with Crippen molar-refractivity contribution in [3.05, 3.63) is 85.2 Å². The van der Waals surface area contributed by atoms with Gasteiger partial charge in [0, 0.05) is 26.1 Å². The second kappa shape index (κ2) is 8.24. The minimum absolute atomic E-state index is 0.0567. The third-order valence-electron chi connectivity index (χ3n) is 3.80. The van der Waals surface area contributed by atoms with Crippen LogP contribution >= 0.6 is 39.3 Å². The van der Waals surface area contributed by atoms with E-state index in [1.807, 2.05) is 48.5 Å². The molecule has 0 amide bonds. The predicted molar refractivity (Wildman–Crippen MR) is 106 cm³/mol. The van der Waals surface area contributed by atoms with Crippen LogP contribution in [-0.4, -0.2) is 10.1 Å². The number of rotatable bonds is 6. The van der Waals surface area contributed by atoms with Crippen molar-refractivity contribution < 1.29 is 9.45 Å². The lowest BCUT2D eigenvalue weighted by molar-refractivity contribution is -0.386. The summed E-state index contributed by atoms with van der Waals surface area (Å²) in [5.74, 6) is 0.273. The van der Waals surface area contributed by atoms with Gasteiger partial charge >= 0.3 is 5.69 Å². The van der Waals surface area contributed by atoms with E-state index >= 15 is 0 Å². The molecule has 0 saturated heterocycles. The van der Waals surface area contributed by atoms with Crippen molar-refractivity contribution in [1.82, 2.24) is 5.16 Å². The lowest BCUT2D eigenvalue weighted by atomic mass is 10.1. The molecule has 1 heterocycles. The number of hydrogen-bond acceptors (Lipinski definition) is 5. The quantitative estimate of drug-likeness (QED) is 0.246. The molecule has 8 heteroatoms. The number of benzene rings is 2. The molecular formula is C18H14BrClN2O3S. The summed E-state index contributed by atoms with van der Waals surface area (Å²) in [5.41, 5.74) is 1.25. The maximum Gasteiger partial charge on any atom is 0.334 e. The van der Waals surface area contributed by atoms with Crippen molar-refractivity contribution in [3.63, 3.8) is 0 Å². The molecule has 0 aliphatic heterocycles. The summed E-state index contributed by atoms with van der Waals surface area (Å²) >= 11 is 11.1. The number of nitrogens with zero attached hydrogens (tertiary/aromatic N) is 2. The summed E-state index contributed by atoms with van der Waals surface area (Å²) < 4.78 is 6.20. The van der Waals surface area contributed by atoms with Gasteiger partial charge in [0.1, 0.15) is 0 Å². The van der Waals surface area contributed by atoms with E-state index in [9.17, 15) is 10.1 Å². The molecule has 26 heavy (non-hydrogen) atoms. The zero-order valence-electron chi connectivity index (χ0n) is 13.7. The molecule has 0 saturated carbocycles. The van der Waals surface area contributed by atoms with Crippen LogP contribution in [0, 0.1) is 17.0 Å². The van der Waals surface area contributed by atoms with Gasteiger partial charge in [-0.25, -0.2) is 0 Å². The Labute approximate surface area is 168 Å². The molecule has 0 spiro atoms. The van der Waals surface area contributed by atoms with E-state index in [1.165, 1.54) is 0 Å². The molecule has 0 unspecified atom stereocenters. The van der Waals surface area contributed by atoms with E-state index in [0.717, 1.165) is 14.9 Å². The molecule has 1 aromatic heterocycles. The topological polar surface area (TPSA) is 69.2 Å². The van der Waals surface area contributed by atoms with Crippen molar-refractivity contribution >= 4 is 45.0 Å². The number of aryl methyl sites for hydroxylation is 1. The molecule has 5 nitrogen and oxygen atoms in total. The van der Waals surface area contributed by atoms with Gasteiger partial charge in [-0.2, -0.15) is 0 Å². The largest absolute Gasteiger partial charge is 0.354 e. The summed E-state index contributed by atoms with van der Waals surface area (Å²) in [6.07, 6.45) is 0.340. The number of aromatic nitrogens is 1. The van der Waals surface area contributed by atoms with Crippen LogP contribution in [0.1, 0.15) is 22.3 Å². The minimum atomic E-state index is -0.439. The molecular weight excluding hydrogens is 440 g/mol. The second-order valence-corrected chi connectivity index (χ2v) is 8.15. The molecule has 0 fully saturated rings. The van der Waals surface area contributed by atoms with Gasteiger partial charge in [0.15, 0.2) is 5.69 Å². The van der Waals surface area contributed by atoms with E-state index in [4.69, 9.17) is 16.1 Å². The first-order valence-corrected chi connectivity index (χ1v) is 9.77. The minimum Gasteiger partial charge on any atom is -0.354 e. The fraction of sp³-hybridized carbons (Fsp3) is 0.167. The number of nitro groups is 1. The highest BCUT2D eigenvalue weighted by Crippen LogP contribution is 2.42. The first-order chi connectivity index (χ1) is 12.5. The van der Waals surface area contributed by atoms with Crippen LogP contribution in [0.15, 0.2) is 62.4 Å². The monoisotopic (exact) mass is 452 g/mol. The SMILES string of the molecule is Cc1noc(C[C@H](Sc2ccc(Cl)cc2)c2ccccc2Br)c1[N+](=O)[O-]. The predicted octanol–water partition coefficient (Wildman–Crippen LogP) is 6.38. The van der Waals surface area contributed by atoms with Crippen LogP contribution in [0.5, 0.6) is 0 Å². The molecule has 2 aromatic carbocycles. The summed E-state index contributed by atoms with van der Waals surface area (Å²) in [5, 5.41) is 15.7. The Balaban J connectivity index is 1.97. The zero-order valence-corrected chi connectivity index (χ0v) is 16.8. The van der Waals surface area contributed by atoms with Gasteiger partial charge in [0.25, 0.3) is 0 Å². The van der Waals surface area contributed by atoms with Crippen LogP contribution in [-0.2, 0) is 6.42 Å². The van der Waals surface area contributed by atoms with E-state index in [-0.39, 0.29) is 22.4 Å². The molecule has 134 valence electrons. The second-order valence-electron chi connectivity index (χ2n) is 5.58. The molecule has 0 radical (unpaired) electrons. The fourth-order valence-corrected chi connectivity index (χ4v) is 4.60. The lowest BCUT2D eigenvalue weighted by Crippen LogP contribution is -2.02. The third kappa shape index (κ3) is 4.28. The maximum atomic E-state index is 11.4. The van der Waals surface area contributed by atoms with E-state index in [0.29, 0.717) is 11.4 Å². The molecule has 0 N–H and O–H groups in total. The number of halogens is 2. The zero-order chi connectivity index (χ0) is 18.7. The van der Waals surface area contributed by atoms with Crippen LogP contribution in [0.25, 0.3) is 0 Å². The highest BCUT2D eigenvalue weighted by Gasteiger charge is 2.28. The Hall–Kier alpha value is -1.83. The summed E-state index contributed by atoms with van der Waals surface area (Å²) in [6.45, 7) is 1.57. The average Bonchev–Trinajstić information content (AvgIpc) is 2.97. The Morgan fingerprint density at radius 2 is 1.96 bits per heavy atom. The van der Waals surface area contributed by atoms with Gasteiger partial charge in [-0.1, -0.05) is 50.9 Å². The van der Waals surface area contributed by atoms with Crippen LogP contribution in [0.2, 0.25) is 5.02 Å². The molecule has 0 aliphatic carbocycles. The van der Waals surface area contributed by atoms with Gasteiger partial charge < -0.3 is 4.52 Å². The van der Waals surface area contributed by atoms with Crippen LogP contribution < -0.4 is 0 Å². The lowest BCUT2D eigenvalue weighted by Gasteiger charge is -2.17. The molecule has 0 aliphatic rings. The Kier molecular flexibility index (Phi) is 6.01. The highest BCUT2D eigenvalue weighted by atomic mass is 79.9. The molecule has 1 atom stereocenters. The Morgan fingerprint density at radius 3 is 2.62 bits per heavy atom. The Bertz CT molecular complexity index is 930. The fourth-order valence-electron chi connectivity index (χ4n) is 2.58. The van der Waals surface area contributed by atoms with Gasteiger partial charge in [0.05, 0.1) is 4.92 Å². The molecule has 0 bridgehead atoms. The smallest absolute Gasteiger partial charge is 0.334 e. The third-order valence-corrected chi connectivity index (χ3v) is 6.02. The van der Waals surface area contributed by atoms with E-state index in [1.54, 1.807) is 18.7 Å². The van der Waals surface area contributed by atoms with Gasteiger partial charge in [-0.3, -0.25) is 10.1 Å². The molecule has 3 rings (SSSR count). The van der Waals surface area contributed by atoms with Gasteiger partial charge in [-0.05, 0) is 42.8 Å². The summed E-state index contributed by atoms with van der Waals surface area (Å²) in [6, 6.07) is 15.3. The van der Waals surface area contributed by atoms with Gasteiger partial charge in [-0.15, -0.1) is 11.8 Å². The van der Waals surface area contributed by atoms with Crippen LogP contribution in [0.4, 0.5) is 5.69 Å². The first-order valence-electron chi connectivity index (χ1n) is 7.72. The van der Waals surface area contributed by atoms with E-state index in [2.05, 4.69) is 21.1 Å². The van der Waals surface area contributed by atoms with Crippen molar-refractivity contribution in [2.75, 3.05) is 0 Å². The maximum absolute atomic E-state index is 11.4. The van der Waals surface area contributed by atoms with Crippen molar-refractivity contribution in [2.24, 2.45) is 0 Å². The first kappa shape index (κ1) is 18.9. The van der Waals surface area contributed by atoms with Crippen LogP contribution in [0.3, 0.4) is 0 Å². The van der Waals surface area contributed by atoms with Gasteiger partial charge in [0.2, 0.25) is 5.76 Å². The van der Waals surface area contributed by atoms with Crippen molar-refractivity contribution in [2.45, 2.75) is 23.5 Å². The Morgan fingerprint density at radius 1 is 1.27 bits per heavy atom. The standard InChI is InChI=1S/C18H14BrClN2O3S/c1-11-18(22(23)24)16(25-21-11)10-17(14-4-2-3-5-15(14)19)26-13-8-6-12(20)7-9-13/h2-9,17H,10H2,1H3/t17-/m0/s1. The molecule has 3 aromatic rings. The van der Waals surface area contributed by atoms with Crippen molar-refractivity contribution in [1.29, 1.82) is 0 Å². The average molecular weight is 454 g/mol. The van der Waals surface area contributed by atoms with Crippen molar-refractivity contribution in [3.8, 4) is 0 Å². The normalized spacial score (nSPS) is 12.1. The highest BCUT2D eigenvalue weighted by molar-refractivity contribution is 9.10. The summed E-state index contributed by atoms with van der Waals surface area (Å²) in [7, 11) is 0. The summed E-state index contributed by atoms with van der Waals surface area (Å²) in [4.78, 5) is 11.9. The number of hydrogen-bond donors (Lipinski definition) is 0. The van der Waals surface area contributed by atoms with E-state index < -0.39 is 4.92 Å².